The Morgan fingerprint density at radius 3 is 0.924 bits per heavy atom. The molecule has 9 nitrogen and oxygen atoms in total. The molecule has 0 aromatic heterocycles. The predicted molar refractivity (Wildman–Crippen MR) is 399 cm³/mol. The molecule has 0 aliphatic rings. The molecule has 0 fully saturated rings. The standard InChI is InChI=1S/C82H144NO8P/c1-6-8-10-12-14-16-18-20-22-24-26-28-30-32-34-36-38-39-40-41-42-43-45-46-48-50-52-54-56-58-60-62-64-66-68-70-72-74-81(84)88-78-80(79-90-92(86,87)89-77-76-83(3,4)5)91-82(85)75-73-71-69-67-65-63-61-59-57-55-53-51-49-47-44-37-35-33-31-29-27-25-23-21-19-17-15-13-11-9-7-2/h9,11,15,17-18,20-21,23-24,26-27,29,33,35,44,47,51,53,57,59,80H,6-8,10,12-14,16,19,22,25,28,30-32,34,36-43,45-46,48-50,52,54-56,58,60-79H2,1-5H3/p+1/b11-9-,17-15-,20-18-,23-21-,26-24-,29-27-,35-33-,47-44-,53-51-,59-57-. The third kappa shape index (κ3) is 75.4. The van der Waals surface area contributed by atoms with Crippen LogP contribution in [0.15, 0.2) is 122 Å². The number of phosphoric acid groups is 1. The molecule has 0 aliphatic carbocycles. The van der Waals surface area contributed by atoms with Crippen LogP contribution in [0.5, 0.6) is 0 Å². The van der Waals surface area contributed by atoms with E-state index in [0.29, 0.717) is 17.4 Å². The molecule has 0 heterocycles. The molecule has 0 rings (SSSR count). The third-order valence-electron chi connectivity index (χ3n) is 16.5. The van der Waals surface area contributed by atoms with Crippen LogP contribution in [-0.2, 0) is 32.7 Å². The summed E-state index contributed by atoms with van der Waals surface area (Å²) in [6, 6.07) is 0. The Labute approximate surface area is 568 Å². The molecule has 2 unspecified atom stereocenters. The summed E-state index contributed by atoms with van der Waals surface area (Å²) >= 11 is 0. The molecule has 2 atom stereocenters. The van der Waals surface area contributed by atoms with E-state index >= 15 is 0 Å². The van der Waals surface area contributed by atoms with Gasteiger partial charge in [-0.2, -0.15) is 0 Å². The maximum Gasteiger partial charge on any atom is 0.472 e. The number of likely N-dealkylation sites (N-methyl/N-ethyl adjacent to an activating group) is 1. The maximum absolute atomic E-state index is 12.9. The fourth-order valence-corrected chi connectivity index (χ4v) is 11.4. The summed E-state index contributed by atoms with van der Waals surface area (Å²) in [5.41, 5.74) is 0. The van der Waals surface area contributed by atoms with Crippen LogP contribution in [0.2, 0.25) is 0 Å². The molecule has 0 bridgehead atoms. The lowest BCUT2D eigenvalue weighted by molar-refractivity contribution is -0.870. The van der Waals surface area contributed by atoms with E-state index in [1.807, 2.05) is 21.1 Å². The average molecular weight is 1300 g/mol. The largest absolute Gasteiger partial charge is 0.472 e. The maximum atomic E-state index is 12.9. The number of quaternary nitrogens is 1. The molecule has 0 saturated heterocycles. The SMILES string of the molecule is CC/C=C\C/C=C\C/C=C\C/C=C\C/C=C\C/C=C\C/C=C\C/C=C\CCCCCCCCC(=O)OC(COC(=O)CCCCCCCCCCCCCCCCCCCCCCCCCCC/C=C\C/C=C\CCCCCCC)COP(=O)(O)OCC[N+](C)(C)C. The number of ether oxygens (including phenoxy) is 2. The van der Waals surface area contributed by atoms with Gasteiger partial charge in [0.05, 0.1) is 27.7 Å². The molecule has 0 aromatic rings. The molecule has 0 radical (unpaired) electrons. The van der Waals surface area contributed by atoms with Gasteiger partial charge in [-0.25, -0.2) is 4.57 Å². The molecule has 10 heteroatoms. The number of carbonyl (C=O) groups is 2. The molecule has 0 aromatic carbocycles. The lowest BCUT2D eigenvalue weighted by Gasteiger charge is -2.24. The quantitative estimate of drug-likeness (QED) is 0.0211. The number of hydrogen-bond donors (Lipinski definition) is 1. The van der Waals surface area contributed by atoms with Crippen molar-refractivity contribution in [2.24, 2.45) is 0 Å². The molecule has 92 heavy (non-hydrogen) atoms. The third-order valence-corrected chi connectivity index (χ3v) is 17.5. The zero-order valence-electron chi connectivity index (χ0n) is 60.5. The van der Waals surface area contributed by atoms with Crippen LogP contribution >= 0.6 is 7.82 Å². The number of nitrogens with zero attached hydrogens (tertiary/aromatic N) is 1. The molecule has 0 aliphatic heterocycles. The van der Waals surface area contributed by atoms with Crippen molar-refractivity contribution in [3.8, 4) is 0 Å². The van der Waals surface area contributed by atoms with E-state index in [2.05, 4.69) is 135 Å². The number of allylic oxidation sites excluding steroid dienone is 20. The second-order valence-electron chi connectivity index (χ2n) is 26.7. The Morgan fingerprint density at radius 1 is 0.348 bits per heavy atom. The normalized spacial score (nSPS) is 13.8. The summed E-state index contributed by atoms with van der Waals surface area (Å²) in [7, 11) is 1.46. The number of esters is 2. The van der Waals surface area contributed by atoms with Crippen LogP contribution in [0.4, 0.5) is 0 Å². The van der Waals surface area contributed by atoms with Crippen LogP contribution < -0.4 is 0 Å². The highest BCUT2D eigenvalue weighted by Gasteiger charge is 2.27. The highest BCUT2D eigenvalue weighted by molar-refractivity contribution is 7.47. The van der Waals surface area contributed by atoms with Crippen molar-refractivity contribution >= 4 is 19.8 Å². The van der Waals surface area contributed by atoms with E-state index < -0.39 is 26.5 Å². The van der Waals surface area contributed by atoms with Gasteiger partial charge in [-0.3, -0.25) is 18.6 Å². The minimum absolute atomic E-state index is 0.0241. The van der Waals surface area contributed by atoms with Gasteiger partial charge in [-0.15, -0.1) is 0 Å². The van der Waals surface area contributed by atoms with Crippen molar-refractivity contribution < 1.29 is 42.1 Å². The fourth-order valence-electron chi connectivity index (χ4n) is 10.7. The van der Waals surface area contributed by atoms with Gasteiger partial charge in [0.25, 0.3) is 0 Å². The van der Waals surface area contributed by atoms with E-state index in [1.165, 1.54) is 186 Å². The molecule has 0 saturated carbocycles. The molecular formula is C82H145NO8P+. The summed E-state index contributed by atoms with van der Waals surface area (Å²) in [5, 5.41) is 0. The van der Waals surface area contributed by atoms with E-state index in [-0.39, 0.29) is 32.0 Å². The zero-order chi connectivity index (χ0) is 66.9. The molecule has 530 valence electrons. The Balaban J connectivity index is 4.02. The number of rotatable bonds is 70. The first-order valence-corrected chi connectivity index (χ1v) is 39.8. The Hall–Kier alpha value is -3.59. The lowest BCUT2D eigenvalue weighted by Crippen LogP contribution is -2.37. The number of unbranched alkanes of at least 4 members (excludes halogenated alkanes) is 36. The van der Waals surface area contributed by atoms with E-state index in [9.17, 15) is 19.0 Å². The van der Waals surface area contributed by atoms with Crippen LogP contribution in [-0.4, -0.2) is 74.9 Å². The van der Waals surface area contributed by atoms with Crippen molar-refractivity contribution in [2.75, 3.05) is 47.5 Å². The minimum Gasteiger partial charge on any atom is -0.462 e. The van der Waals surface area contributed by atoms with Gasteiger partial charge in [0, 0.05) is 12.8 Å². The smallest absolute Gasteiger partial charge is 0.462 e. The Bertz CT molecular complexity index is 1970. The predicted octanol–water partition coefficient (Wildman–Crippen LogP) is 25.4. The first-order chi connectivity index (χ1) is 45.0. The summed E-state index contributed by atoms with van der Waals surface area (Å²) in [5.74, 6) is -0.809. The van der Waals surface area contributed by atoms with Gasteiger partial charge in [0.1, 0.15) is 19.8 Å². The van der Waals surface area contributed by atoms with Crippen molar-refractivity contribution in [1.82, 2.24) is 0 Å². The Kier molecular flexibility index (Phi) is 68.9. The van der Waals surface area contributed by atoms with Gasteiger partial charge in [0.15, 0.2) is 6.10 Å². The van der Waals surface area contributed by atoms with Crippen LogP contribution in [0.1, 0.15) is 335 Å². The molecule has 0 spiro atoms. The average Bonchev–Trinajstić information content (AvgIpc) is 2.14. The highest BCUT2D eigenvalue weighted by Crippen LogP contribution is 2.43. The van der Waals surface area contributed by atoms with E-state index in [1.54, 1.807) is 0 Å². The summed E-state index contributed by atoms with van der Waals surface area (Å²) in [6.07, 6.45) is 103. The molecular weight excluding hydrogens is 1160 g/mol. The fraction of sp³-hybridized carbons (Fsp3) is 0.732. The second-order valence-corrected chi connectivity index (χ2v) is 28.1. The van der Waals surface area contributed by atoms with Gasteiger partial charge in [-0.05, 0) is 109 Å². The van der Waals surface area contributed by atoms with Crippen LogP contribution in [0, 0.1) is 0 Å². The van der Waals surface area contributed by atoms with Crippen molar-refractivity contribution in [2.45, 2.75) is 341 Å². The summed E-state index contributed by atoms with van der Waals surface area (Å²) in [4.78, 5) is 35.9. The lowest BCUT2D eigenvalue weighted by atomic mass is 10.0. The first kappa shape index (κ1) is 88.4. The number of phosphoric ester groups is 1. The summed E-state index contributed by atoms with van der Waals surface area (Å²) in [6.45, 7) is 4.32. The number of carbonyl (C=O) groups excluding carboxylic acids is 2. The zero-order valence-corrected chi connectivity index (χ0v) is 61.4. The van der Waals surface area contributed by atoms with Crippen molar-refractivity contribution in [3.05, 3.63) is 122 Å². The van der Waals surface area contributed by atoms with E-state index in [4.69, 9.17) is 18.5 Å². The van der Waals surface area contributed by atoms with Gasteiger partial charge < -0.3 is 18.9 Å². The van der Waals surface area contributed by atoms with Crippen molar-refractivity contribution in [3.63, 3.8) is 0 Å². The molecule has 1 N–H and O–H groups in total. The Morgan fingerprint density at radius 2 is 0.620 bits per heavy atom. The number of hydrogen-bond acceptors (Lipinski definition) is 7. The first-order valence-electron chi connectivity index (χ1n) is 38.3. The monoisotopic (exact) mass is 1300 g/mol. The highest BCUT2D eigenvalue weighted by atomic mass is 31.2. The summed E-state index contributed by atoms with van der Waals surface area (Å²) < 4.78 is 34.8. The molecule has 0 amide bonds. The second kappa shape index (κ2) is 71.7. The van der Waals surface area contributed by atoms with Crippen LogP contribution in [0.25, 0.3) is 0 Å². The van der Waals surface area contributed by atoms with E-state index in [0.717, 1.165) is 116 Å². The van der Waals surface area contributed by atoms with Gasteiger partial charge in [-0.1, -0.05) is 334 Å². The topological polar surface area (TPSA) is 108 Å². The van der Waals surface area contributed by atoms with Gasteiger partial charge >= 0.3 is 19.8 Å². The van der Waals surface area contributed by atoms with Crippen molar-refractivity contribution in [1.29, 1.82) is 0 Å². The van der Waals surface area contributed by atoms with Crippen LogP contribution in [0.3, 0.4) is 0 Å². The van der Waals surface area contributed by atoms with Gasteiger partial charge in [0.2, 0.25) is 0 Å². The minimum atomic E-state index is -4.41.